The molecular formula is C12H21ClO2. The number of hydrogen-bond acceptors (Lipinski definition) is 2. The van der Waals surface area contributed by atoms with Crippen molar-refractivity contribution in [1.29, 1.82) is 0 Å². The van der Waals surface area contributed by atoms with Crippen LogP contribution in [0.2, 0.25) is 0 Å². The lowest BCUT2D eigenvalue weighted by molar-refractivity contribution is -0.116. The normalized spacial score (nSPS) is 26.5. The molecule has 0 atom stereocenters. The van der Waals surface area contributed by atoms with Crippen LogP contribution in [-0.2, 0) is 9.53 Å². The summed E-state index contributed by atoms with van der Waals surface area (Å²) in [5, 5.41) is -0.152. The van der Waals surface area contributed by atoms with E-state index in [0.29, 0.717) is 5.92 Å². The Bertz CT molecular complexity index is 186. The highest BCUT2D eigenvalue weighted by Gasteiger charge is 2.24. The van der Waals surface area contributed by atoms with Gasteiger partial charge in [-0.3, -0.25) is 4.79 Å². The van der Waals surface area contributed by atoms with Gasteiger partial charge in [0.25, 0.3) is 0 Å². The Kier molecular flexibility index (Phi) is 6.26. The molecule has 0 aromatic heterocycles. The lowest BCUT2D eigenvalue weighted by Gasteiger charge is -2.26. The average Bonchev–Trinajstić information content (AvgIpc) is 2.25. The van der Waals surface area contributed by atoms with Crippen LogP contribution >= 0.6 is 11.6 Å². The van der Waals surface area contributed by atoms with Crippen LogP contribution in [0.1, 0.15) is 45.4 Å². The fourth-order valence-electron chi connectivity index (χ4n) is 2.05. The first-order chi connectivity index (χ1) is 7.24. The zero-order valence-corrected chi connectivity index (χ0v) is 10.3. The van der Waals surface area contributed by atoms with Gasteiger partial charge >= 0.3 is 0 Å². The van der Waals surface area contributed by atoms with E-state index in [1.165, 1.54) is 6.42 Å². The third-order valence-corrected chi connectivity index (χ3v) is 3.47. The van der Waals surface area contributed by atoms with E-state index in [9.17, 15) is 4.79 Å². The van der Waals surface area contributed by atoms with Crippen LogP contribution in [0.4, 0.5) is 0 Å². The molecule has 1 aliphatic carbocycles. The molecule has 0 spiro atoms. The van der Waals surface area contributed by atoms with E-state index in [1.807, 2.05) is 0 Å². The van der Waals surface area contributed by atoms with Gasteiger partial charge in [-0.15, -0.1) is 0 Å². The Morgan fingerprint density at radius 2 is 2.00 bits per heavy atom. The molecule has 0 amide bonds. The van der Waals surface area contributed by atoms with Crippen LogP contribution in [0, 0.1) is 11.8 Å². The van der Waals surface area contributed by atoms with Gasteiger partial charge in [-0.2, -0.15) is 0 Å². The van der Waals surface area contributed by atoms with Crippen LogP contribution in [0.15, 0.2) is 0 Å². The van der Waals surface area contributed by atoms with Crippen molar-refractivity contribution in [3.63, 3.8) is 0 Å². The lowest BCUT2D eigenvalue weighted by Crippen LogP contribution is -2.21. The summed E-state index contributed by atoms with van der Waals surface area (Å²) in [5.74, 6) is 0.757. The Labute approximate surface area is 97.3 Å². The molecule has 1 aliphatic rings. The molecule has 0 aliphatic heterocycles. The van der Waals surface area contributed by atoms with Crippen molar-refractivity contribution in [3.8, 4) is 0 Å². The Hall–Kier alpha value is -0.0800. The van der Waals surface area contributed by atoms with Gasteiger partial charge in [0.05, 0.1) is 0 Å². The molecule has 2 nitrogen and oxygen atoms in total. The van der Waals surface area contributed by atoms with Crippen LogP contribution in [0.3, 0.4) is 0 Å². The van der Waals surface area contributed by atoms with Gasteiger partial charge in [0, 0.05) is 19.1 Å². The summed E-state index contributed by atoms with van der Waals surface area (Å²) in [4.78, 5) is 10.9. The van der Waals surface area contributed by atoms with E-state index in [4.69, 9.17) is 16.3 Å². The van der Waals surface area contributed by atoms with Gasteiger partial charge in [-0.25, -0.2) is 0 Å². The molecule has 0 saturated heterocycles. The highest BCUT2D eigenvalue weighted by atomic mass is 35.5. The first-order valence-electron chi connectivity index (χ1n) is 6.01. The second kappa shape index (κ2) is 7.24. The second-order valence-electron chi connectivity index (χ2n) is 4.45. The summed E-state index contributed by atoms with van der Waals surface area (Å²) in [5.41, 5.74) is 0. The predicted octanol–water partition coefficient (Wildman–Crippen LogP) is 3.37. The van der Waals surface area contributed by atoms with Crippen molar-refractivity contribution < 1.29 is 9.53 Å². The van der Waals surface area contributed by atoms with Crippen molar-refractivity contribution >= 4 is 16.8 Å². The van der Waals surface area contributed by atoms with Crippen molar-refractivity contribution in [2.75, 3.05) is 13.2 Å². The fourth-order valence-corrected chi connectivity index (χ4v) is 2.27. The molecule has 0 heterocycles. The number of rotatable bonds is 6. The summed E-state index contributed by atoms with van der Waals surface area (Å²) < 4.78 is 5.59. The summed E-state index contributed by atoms with van der Waals surface area (Å²) >= 11 is 5.48. The number of halogens is 1. The molecule has 88 valence electrons. The first-order valence-corrected chi connectivity index (χ1v) is 6.39. The minimum absolute atomic E-state index is 0.110. The summed E-state index contributed by atoms with van der Waals surface area (Å²) in [6, 6.07) is 0. The monoisotopic (exact) mass is 232 g/mol. The largest absolute Gasteiger partial charge is 0.381 e. The average molecular weight is 233 g/mol. The highest BCUT2D eigenvalue weighted by molar-refractivity contribution is 6.63. The van der Waals surface area contributed by atoms with E-state index in [1.54, 1.807) is 0 Å². The molecule has 0 unspecified atom stereocenters. The molecule has 0 bridgehead atoms. The molecule has 0 N–H and O–H groups in total. The van der Waals surface area contributed by atoms with Crippen LogP contribution in [0.25, 0.3) is 0 Å². The number of unbranched alkanes of at least 4 members (excludes halogenated alkanes) is 1. The second-order valence-corrected chi connectivity index (χ2v) is 4.82. The van der Waals surface area contributed by atoms with Gasteiger partial charge < -0.3 is 4.74 Å². The van der Waals surface area contributed by atoms with Crippen LogP contribution in [-0.4, -0.2) is 18.5 Å². The molecule has 0 aromatic carbocycles. The zero-order valence-electron chi connectivity index (χ0n) is 9.51. The number of carbonyl (C=O) groups is 1. The van der Waals surface area contributed by atoms with E-state index < -0.39 is 0 Å². The molecule has 1 saturated carbocycles. The minimum Gasteiger partial charge on any atom is -0.381 e. The number of ether oxygens (including phenoxy) is 1. The maximum atomic E-state index is 10.9. The topological polar surface area (TPSA) is 26.3 Å². The van der Waals surface area contributed by atoms with Crippen molar-refractivity contribution in [2.45, 2.75) is 45.4 Å². The molecule has 0 aromatic rings. The van der Waals surface area contributed by atoms with Crippen molar-refractivity contribution in [2.24, 2.45) is 11.8 Å². The molecule has 3 heteroatoms. The highest BCUT2D eigenvalue weighted by Crippen LogP contribution is 2.30. The quantitative estimate of drug-likeness (QED) is 0.519. The third-order valence-electron chi connectivity index (χ3n) is 3.16. The van der Waals surface area contributed by atoms with Crippen LogP contribution < -0.4 is 0 Å². The van der Waals surface area contributed by atoms with Crippen LogP contribution in [0.5, 0.6) is 0 Å². The lowest BCUT2D eigenvalue weighted by atomic mass is 9.83. The van der Waals surface area contributed by atoms with E-state index in [0.717, 1.165) is 45.3 Å². The maximum absolute atomic E-state index is 10.9. The SMILES string of the molecule is CCCCOCC1CCC(C(=O)Cl)CC1. The Balaban J connectivity index is 2.07. The first kappa shape index (κ1) is 13.0. The molecular weight excluding hydrogens is 212 g/mol. The van der Waals surface area contributed by atoms with Crippen molar-refractivity contribution in [3.05, 3.63) is 0 Å². The Morgan fingerprint density at radius 1 is 1.33 bits per heavy atom. The standard InChI is InChI=1S/C12H21ClO2/c1-2-3-8-15-9-10-4-6-11(7-5-10)12(13)14/h10-11H,2-9H2,1H3. The van der Waals surface area contributed by atoms with Gasteiger partial charge in [0.1, 0.15) is 0 Å². The zero-order chi connectivity index (χ0) is 11.1. The van der Waals surface area contributed by atoms with E-state index >= 15 is 0 Å². The minimum atomic E-state index is -0.152. The predicted molar refractivity (Wildman–Crippen MR) is 62.0 cm³/mol. The maximum Gasteiger partial charge on any atom is 0.224 e. The van der Waals surface area contributed by atoms with Gasteiger partial charge in [-0.1, -0.05) is 13.3 Å². The fraction of sp³-hybridized carbons (Fsp3) is 0.917. The molecule has 1 rings (SSSR count). The van der Waals surface area contributed by atoms with E-state index in [-0.39, 0.29) is 11.2 Å². The molecule has 15 heavy (non-hydrogen) atoms. The number of carbonyl (C=O) groups excluding carboxylic acids is 1. The summed E-state index contributed by atoms with van der Waals surface area (Å²) in [7, 11) is 0. The number of hydrogen-bond donors (Lipinski definition) is 0. The van der Waals surface area contributed by atoms with Crippen molar-refractivity contribution in [1.82, 2.24) is 0 Å². The smallest absolute Gasteiger partial charge is 0.224 e. The van der Waals surface area contributed by atoms with Gasteiger partial charge in [0.2, 0.25) is 5.24 Å². The molecule has 0 radical (unpaired) electrons. The summed E-state index contributed by atoms with van der Waals surface area (Å²) in [6.45, 7) is 3.91. The summed E-state index contributed by atoms with van der Waals surface area (Å²) in [6.07, 6.45) is 6.42. The van der Waals surface area contributed by atoms with Gasteiger partial charge in [0.15, 0.2) is 0 Å². The Morgan fingerprint density at radius 3 is 2.53 bits per heavy atom. The van der Waals surface area contributed by atoms with Gasteiger partial charge in [-0.05, 0) is 49.6 Å². The molecule has 1 fully saturated rings. The van der Waals surface area contributed by atoms with E-state index in [2.05, 4.69) is 6.92 Å². The third kappa shape index (κ3) is 4.98.